The Bertz CT molecular complexity index is 181. The van der Waals surface area contributed by atoms with E-state index in [1.807, 2.05) is 6.92 Å². The van der Waals surface area contributed by atoms with Crippen molar-refractivity contribution in [2.24, 2.45) is 5.73 Å². The quantitative estimate of drug-likeness (QED) is 0.610. The fourth-order valence-electron chi connectivity index (χ4n) is 0.935. The van der Waals surface area contributed by atoms with E-state index in [1.54, 1.807) is 11.8 Å². The van der Waals surface area contributed by atoms with Crippen molar-refractivity contribution in [1.29, 1.82) is 0 Å². The largest absolute Gasteiger partial charge is 0.330 e. The minimum absolute atomic E-state index is 0.0743. The zero-order valence-electron chi connectivity index (χ0n) is 7.71. The Morgan fingerprint density at radius 2 is 2.33 bits per heavy atom. The van der Waals surface area contributed by atoms with Crippen LogP contribution in [-0.4, -0.2) is 29.9 Å². The van der Waals surface area contributed by atoms with E-state index in [1.165, 1.54) is 0 Å². The molecule has 12 heavy (non-hydrogen) atoms. The highest BCUT2D eigenvalue weighted by molar-refractivity contribution is 5.81. The molecule has 0 aliphatic heterocycles. The summed E-state index contributed by atoms with van der Waals surface area (Å²) in [4.78, 5) is 12.9. The first-order valence-corrected chi connectivity index (χ1v) is 4.11. The summed E-state index contributed by atoms with van der Waals surface area (Å²) in [5, 5.41) is 0. The average molecular weight is 168 g/mol. The summed E-state index contributed by atoms with van der Waals surface area (Å²) >= 11 is 0. The highest BCUT2D eigenvalue weighted by atomic mass is 16.2. The van der Waals surface area contributed by atoms with Crippen LogP contribution in [0.1, 0.15) is 20.3 Å². The Kier molecular flexibility index (Phi) is 5.14. The summed E-state index contributed by atoms with van der Waals surface area (Å²) in [6.45, 7) is 4.71. The number of hydrogen-bond acceptors (Lipinski definition) is 2. The maximum atomic E-state index is 11.3. The zero-order valence-corrected chi connectivity index (χ0v) is 7.71. The van der Waals surface area contributed by atoms with E-state index >= 15 is 0 Å². The van der Waals surface area contributed by atoms with Crippen LogP contribution in [0.15, 0.2) is 0 Å². The molecular formula is C9H16N2O. The third-order valence-corrected chi connectivity index (χ3v) is 1.48. The van der Waals surface area contributed by atoms with Crippen LogP contribution in [0.4, 0.5) is 0 Å². The molecule has 0 spiro atoms. The third kappa shape index (κ3) is 3.40. The number of terminal acetylenes is 1. The summed E-state index contributed by atoms with van der Waals surface area (Å²) in [5.41, 5.74) is 5.44. The molecule has 1 atom stereocenters. The predicted octanol–water partition coefficient (Wildman–Crippen LogP) is 0.205. The van der Waals surface area contributed by atoms with E-state index in [-0.39, 0.29) is 5.91 Å². The molecule has 0 aromatic heterocycles. The molecule has 0 aliphatic carbocycles. The monoisotopic (exact) mass is 168 g/mol. The van der Waals surface area contributed by atoms with Gasteiger partial charge in [-0.2, -0.15) is 0 Å². The van der Waals surface area contributed by atoms with Crippen LogP contribution in [0.5, 0.6) is 0 Å². The van der Waals surface area contributed by atoms with Gasteiger partial charge in [0.25, 0.3) is 0 Å². The molecule has 1 amide bonds. The molecule has 0 rings (SSSR count). The summed E-state index contributed by atoms with van der Waals surface area (Å²) in [7, 11) is 0. The number of amides is 1. The Labute approximate surface area is 73.9 Å². The second kappa shape index (κ2) is 5.62. The molecule has 0 saturated carbocycles. The van der Waals surface area contributed by atoms with Crippen LogP contribution in [0.3, 0.4) is 0 Å². The van der Waals surface area contributed by atoms with Crippen molar-refractivity contribution in [1.82, 2.24) is 4.90 Å². The Morgan fingerprint density at radius 1 is 1.75 bits per heavy atom. The first kappa shape index (κ1) is 11.0. The maximum Gasteiger partial charge on any atom is 0.239 e. The van der Waals surface area contributed by atoms with Gasteiger partial charge in [-0.3, -0.25) is 4.79 Å². The highest BCUT2D eigenvalue weighted by Gasteiger charge is 2.14. The molecule has 3 heteroatoms. The number of carbonyl (C=O) groups is 1. The van der Waals surface area contributed by atoms with Gasteiger partial charge in [0.1, 0.15) is 0 Å². The van der Waals surface area contributed by atoms with Crippen LogP contribution in [0.2, 0.25) is 0 Å². The normalized spacial score (nSPS) is 11.8. The van der Waals surface area contributed by atoms with Gasteiger partial charge in [-0.05, 0) is 13.3 Å². The Hall–Kier alpha value is -1.01. The minimum atomic E-state index is -0.454. The van der Waals surface area contributed by atoms with Crippen molar-refractivity contribution >= 4 is 5.91 Å². The van der Waals surface area contributed by atoms with Gasteiger partial charge in [-0.25, -0.2) is 0 Å². The van der Waals surface area contributed by atoms with Crippen LogP contribution in [0.25, 0.3) is 0 Å². The summed E-state index contributed by atoms with van der Waals surface area (Å²) in [6, 6.07) is -0.454. The van der Waals surface area contributed by atoms with Crippen molar-refractivity contribution in [3.05, 3.63) is 0 Å². The van der Waals surface area contributed by atoms with Gasteiger partial charge >= 0.3 is 0 Å². The summed E-state index contributed by atoms with van der Waals surface area (Å²) in [6.07, 6.45) is 6.02. The molecule has 1 unspecified atom stereocenters. The second-order valence-electron chi connectivity index (χ2n) is 2.75. The van der Waals surface area contributed by atoms with E-state index in [0.29, 0.717) is 13.1 Å². The van der Waals surface area contributed by atoms with E-state index in [4.69, 9.17) is 12.2 Å². The first-order chi connectivity index (χ1) is 5.63. The fourth-order valence-corrected chi connectivity index (χ4v) is 0.935. The van der Waals surface area contributed by atoms with Crippen LogP contribution in [0, 0.1) is 12.3 Å². The number of hydrogen-bond donors (Lipinski definition) is 1. The molecule has 0 aromatic carbocycles. The minimum Gasteiger partial charge on any atom is -0.330 e. The molecule has 0 bridgehead atoms. The Morgan fingerprint density at radius 3 is 2.67 bits per heavy atom. The van der Waals surface area contributed by atoms with E-state index in [2.05, 4.69) is 5.92 Å². The van der Waals surface area contributed by atoms with E-state index < -0.39 is 6.04 Å². The fraction of sp³-hybridized carbons (Fsp3) is 0.667. The predicted molar refractivity (Wildman–Crippen MR) is 49.4 cm³/mol. The van der Waals surface area contributed by atoms with E-state index in [0.717, 1.165) is 6.42 Å². The van der Waals surface area contributed by atoms with Crippen molar-refractivity contribution in [2.75, 3.05) is 13.1 Å². The lowest BCUT2D eigenvalue weighted by atomic mass is 10.3. The van der Waals surface area contributed by atoms with Crippen LogP contribution in [-0.2, 0) is 4.79 Å². The molecule has 68 valence electrons. The van der Waals surface area contributed by atoms with Gasteiger partial charge < -0.3 is 10.6 Å². The van der Waals surface area contributed by atoms with Crippen molar-refractivity contribution in [3.8, 4) is 12.3 Å². The zero-order chi connectivity index (χ0) is 9.56. The van der Waals surface area contributed by atoms with Crippen molar-refractivity contribution < 1.29 is 4.79 Å². The van der Waals surface area contributed by atoms with Gasteiger partial charge in [0.15, 0.2) is 0 Å². The number of rotatable bonds is 4. The van der Waals surface area contributed by atoms with Gasteiger partial charge in [-0.15, -0.1) is 6.42 Å². The standard InChI is InChI=1S/C9H16N2O/c1-4-6-11(7-5-2)9(12)8(3)10/h1,8H,5-7,10H2,2-3H3. The second-order valence-corrected chi connectivity index (χ2v) is 2.75. The lowest BCUT2D eigenvalue weighted by Gasteiger charge is -2.21. The van der Waals surface area contributed by atoms with Gasteiger partial charge in [0.05, 0.1) is 12.6 Å². The summed E-state index contributed by atoms with van der Waals surface area (Å²) in [5.74, 6) is 2.36. The van der Waals surface area contributed by atoms with Gasteiger partial charge in [0.2, 0.25) is 5.91 Å². The molecule has 0 heterocycles. The lowest BCUT2D eigenvalue weighted by molar-refractivity contribution is -0.131. The molecule has 0 aliphatic rings. The SMILES string of the molecule is C#CCN(CCC)C(=O)C(C)N. The van der Waals surface area contributed by atoms with Gasteiger partial charge in [0, 0.05) is 6.54 Å². The Balaban J connectivity index is 4.11. The molecule has 2 N–H and O–H groups in total. The topological polar surface area (TPSA) is 46.3 Å². The molecule has 3 nitrogen and oxygen atoms in total. The third-order valence-electron chi connectivity index (χ3n) is 1.48. The van der Waals surface area contributed by atoms with Gasteiger partial charge in [-0.1, -0.05) is 12.8 Å². The molecule has 0 radical (unpaired) electrons. The van der Waals surface area contributed by atoms with Crippen LogP contribution < -0.4 is 5.73 Å². The molecule has 0 saturated heterocycles. The lowest BCUT2D eigenvalue weighted by Crippen LogP contribution is -2.42. The van der Waals surface area contributed by atoms with Crippen molar-refractivity contribution in [3.63, 3.8) is 0 Å². The van der Waals surface area contributed by atoms with Crippen LogP contribution >= 0.6 is 0 Å². The first-order valence-electron chi connectivity index (χ1n) is 4.11. The number of nitrogens with zero attached hydrogens (tertiary/aromatic N) is 1. The van der Waals surface area contributed by atoms with E-state index in [9.17, 15) is 4.79 Å². The average Bonchev–Trinajstić information content (AvgIpc) is 2.03. The summed E-state index contributed by atoms with van der Waals surface area (Å²) < 4.78 is 0. The molecular weight excluding hydrogens is 152 g/mol. The highest BCUT2D eigenvalue weighted by Crippen LogP contribution is 1.94. The number of nitrogens with two attached hydrogens (primary N) is 1. The number of carbonyl (C=O) groups excluding carboxylic acids is 1. The molecule has 0 fully saturated rings. The maximum absolute atomic E-state index is 11.3. The smallest absolute Gasteiger partial charge is 0.239 e. The van der Waals surface area contributed by atoms with Crippen molar-refractivity contribution in [2.45, 2.75) is 26.3 Å². The molecule has 0 aromatic rings.